The molecule has 2 aromatic carbocycles. The minimum Gasteiger partial charge on any atom is -0.508 e. The molecule has 0 unspecified atom stereocenters. The summed E-state index contributed by atoms with van der Waals surface area (Å²) in [6.07, 6.45) is 2.85. The number of hydrogen-bond acceptors (Lipinski definition) is 3. The van der Waals surface area contributed by atoms with E-state index in [1.807, 2.05) is 17.0 Å². The van der Waals surface area contributed by atoms with Crippen molar-refractivity contribution in [1.29, 1.82) is 0 Å². The van der Waals surface area contributed by atoms with Crippen LogP contribution in [-0.4, -0.2) is 40.1 Å². The fourth-order valence-electron chi connectivity index (χ4n) is 3.50. The molecule has 1 heterocycles. The van der Waals surface area contributed by atoms with E-state index in [2.05, 4.69) is 0 Å². The number of phenolic OH excluding ortho intramolecular Hbond substituents is 1. The Kier molecular flexibility index (Phi) is 5.56. The van der Waals surface area contributed by atoms with Crippen molar-refractivity contribution in [3.05, 3.63) is 65.2 Å². The van der Waals surface area contributed by atoms with Gasteiger partial charge in [0, 0.05) is 13.1 Å². The van der Waals surface area contributed by atoms with Crippen molar-refractivity contribution < 1.29 is 19.8 Å². The number of carboxylic acids is 1. The van der Waals surface area contributed by atoms with Gasteiger partial charge in [-0.2, -0.15) is 0 Å². The van der Waals surface area contributed by atoms with Crippen molar-refractivity contribution in [2.24, 2.45) is 5.92 Å². The summed E-state index contributed by atoms with van der Waals surface area (Å²) in [6.45, 7) is 1.41. The Morgan fingerprint density at radius 3 is 2.31 bits per heavy atom. The second kappa shape index (κ2) is 8.04. The molecule has 5 heteroatoms. The zero-order valence-corrected chi connectivity index (χ0v) is 14.6. The number of amides is 1. The van der Waals surface area contributed by atoms with Gasteiger partial charge in [-0.15, -0.1) is 0 Å². The van der Waals surface area contributed by atoms with Gasteiger partial charge in [-0.1, -0.05) is 30.3 Å². The molecule has 0 spiro atoms. The van der Waals surface area contributed by atoms with Gasteiger partial charge in [0.05, 0.1) is 12.0 Å². The van der Waals surface area contributed by atoms with Crippen LogP contribution in [0.3, 0.4) is 0 Å². The summed E-state index contributed by atoms with van der Waals surface area (Å²) in [5.74, 6) is -0.195. The number of piperidine rings is 1. The van der Waals surface area contributed by atoms with Crippen molar-refractivity contribution in [2.45, 2.75) is 25.7 Å². The Bertz CT molecular complexity index is 777. The zero-order valence-electron chi connectivity index (χ0n) is 14.6. The van der Waals surface area contributed by atoms with Gasteiger partial charge < -0.3 is 15.1 Å². The van der Waals surface area contributed by atoms with E-state index in [1.54, 1.807) is 36.4 Å². The van der Waals surface area contributed by atoms with Gasteiger partial charge in [-0.25, -0.2) is 4.79 Å². The Hall–Kier alpha value is -2.82. The number of phenols is 1. The lowest BCUT2D eigenvalue weighted by Crippen LogP contribution is -2.39. The topological polar surface area (TPSA) is 77.8 Å². The molecule has 0 atom stereocenters. The number of carbonyl (C=O) groups is 2. The molecule has 1 amide bonds. The maximum Gasteiger partial charge on any atom is 0.335 e. The summed E-state index contributed by atoms with van der Waals surface area (Å²) >= 11 is 0. The largest absolute Gasteiger partial charge is 0.508 e. The Labute approximate surface area is 152 Å². The first-order chi connectivity index (χ1) is 12.5. The molecule has 0 aliphatic carbocycles. The first-order valence-corrected chi connectivity index (χ1v) is 8.90. The van der Waals surface area contributed by atoms with E-state index in [4.69, 9.17) is 0 Å². The molecule has 0 aromatic heterocycles. The lowest BCUT2D eigenvalue weighted by Gasteiger charge is -2.32. The molecule has 5 nitrogen and oxygen atoms in total. The second-order valence-electron chi connectivity index (χ2n) is 6.83. The number of likely N-dealkylation sites (tertiary alicyclic amines) is 1. The third-order valence-corrected chi connectivity index (χ3v) is 5.02. The van der Waals surface area contributed by atoms with E-state index in [9.17, 15) is 19.8 Å². The van der Waals surface area contributed by atoms with E-state index in [0.717, 1.165) is 30.4 Å². The Morgan fingerprint density at radius 1 is 1.00 bits per heavy atom. The first-order valence-electron chi connectivity index (χ1n) is 8.90. The third-order valence-electron chi connectivity index (χ3n) is 5.02. The van der Waals surface area contributed by atoms with Gasteiger partial charge in [0.1, 0.15) is 5.75 Å². The van der Waals surface area contributed by atoms with Crippen LogP contribution < -0.4 is 0 Å². The molecule has 1 aliphatic rings. The molecule has 0 bridgehead atoms. The van der Waals surface area contributed by atoms with Crippen molar-refractivity contribution in [3.8, 4) is 5.75 Å². The molecule has 1 fully saturated rings. The van der Waals surface area contributed by atoms with Gasteiger partial charge in [0.15, 0.2) is 0 Å². The number of hydrogen-bond donors (Lipinski definition) is 2. The molecule has 0 saturated carbocycles. The first kappa shape index (κ1) is 18.0. The highest BCUT2D eigenvalue weighted by Crippen LogP contribution is 2.24. The summed E-state index contributed by atoms with van der Waals surface area (Å²) in [7, 11) is 0. The summed E-state index contributed by atoms with van der Waals surface area (Å²) in [5.41, 5.74) is 2.14. The van der Waals surface area contributed by atoms with Gasteiger partial charge in [-0.05, 0) is 54.5 Å². The van der Waals surface area contributed by atoms with Gasteiger partial charge in [0.2, 0.25) is 5.91 Å². The van der Waals surface area contributed by atoms with E-state index < -0.39 is 5.97 Å². The Balaban J connectivity index is 1.53. The van der Waals surface area contributed by atoms with E-state index in [1.165, 1.54) is 0 Å². The van der Waals surface area contributed by atoms with Crippen LogP contribution in [0.5, 0.6) is 5.75 Å². The van der Waals surface area contributed by atoms with Crippen LogP contribution in [0.15, 0.2) is 48.5 Å². The van der Waals surface area contributed by atoms with Crippen molar-refractivity contribution in [3.63, 3.8) is 0 Å². The number of nitrogens with zero attached hydrogens (tertiary/aromatic N) is 1. The maximum atomic E-state index is 12.4. The number of rotatable bonds is 5. The lowest BCUT2D eigenvalue weighted by molar-refractivity contribution is -0.131. The van der Waals surface area contributed by atoms with Crippen LogP contribution in [0.4, 0.5) is 0 Å². The summed E-state index contributed by atoms with van der Waals surface area (Å²) < 4.78 is 0. The summed E-state index contributed by atoms with van der Waals surface area (Å²) in [4.78, 5) is 25.7. The van der Waals surface area contributed by atoms with E-state index >= 15 is 0 Å². The molecular weight excluding hydrogens is 330 g/mol. The van der Waals surface area contributed by atoms with Crippen LogP contribution in [0.1, 0.15) is 34.3 Å². The molecule has 1 aliphatic heterocycles. The van der Waals surface area contributed by atoms with Crippen LogP contribution in [-0.2, 0) is 17.6 Å². The number of benzene rings is 2. The molecule has 136 valence electrons. The van der Waals surface area contributed by atoms with Crippen LogP contribution >= 0.6 is 0 Å². The minimum absolute atomic E-state index is 0.0973. The van der Waals surface area contributed by atoms with Gasteiger partial charge in [0.25, 0.3) is 0 Å². The fraction of sp³-hybridized carbons (Fsp3) is 0.333. The standard InChI is InChI=1S/C21H23NO4/c23-18-7-5-15(6-8-18)14-20(24)22-11-9-16(10-12-22)13-17-3-1-2-4-19(17)21(25)26/h1-8,16,23H,9-14H2,(H,25,26). The molecule has 3 rings (SSSR count). The summed E-state index contributed by atoms with van der Waals surface area (Å²) in [5, 5.41) is 18.6. The highest BCUT2D eigenvalue weighted by Gasteiger charge is 2.24. The molecule has 0 radical (unpaired) electrons. The monoisotopic (exact) mass is 353 g/mol. The van der Waals surface area contributed by atoms with Crippen LogP contribution in [0.2, 0.25) is 0 Å². The molecule has 26 heavy (non-hydrogen) atoms. The van der Waals surface area contributed by atoms with Crippen molar-refractivity contribution >= 4 is 11.9 Å². The second-order valence-corrected chi connectivity index (χ2v) is 6.83. The van der Waals surface area contributed by atoms with Crippen LogP contribution in [0.25, 0.3) is 0 Å². The number of carboxylic acid groups (broad SMARTS) is 1. The average molecular weight is 353 g/mol. The molecule has 2 N–H and O–H groups in total. The van der Waals surface area contributed by atoms with Crippen LogP contribution in [0, 0.1) is 5.92 Å². The number of aromatic carboxylic acids is 1. The maximum absolute atomic E-state index is 12.4. The van der Waals surface area contributed by atoms with Gasteiger partial charge >= 0.3 is 5.97 Å². The van der Waals surface area contributed by atoms with E-state index in [-0.39, 0.29) is 11.7 Å². The smallest absolute Gasteiger partial charge is 0.335 e. The number of aromatic hydroxyl groups is 1. The normalized spacial score (nSPS) is 15.0. The predicted molar refractivity (Wildman–Crippen MR) is 98.2 cm³/mol. The zero-order chi connectivity index (χ0) is 18.5. The SMILES string of the molecule is O=C(O)c1ccccc1CC1CCN(C(=O)Cc2ccc(O)cc2)CC1. The van der Waals surface area contributed by atoms with Crippen molar-refractivity contribution in [1.82, 2.24) is 4.90 Å². The average Bonchev–Trinajstić information content (AvgIpc) is 2.64. The number of carbonyl (C=O) groups excluding carboxylic acids is 1. The quantitative estimate of drug-likeness (QED) is 0.866. The highest BCUT2D eigenvalue weighted by atomic mass is 16.4. The molecule has 2 aromatic rings. The molecular formula is C21H23NO4. The minimum atomic E-state index is -0.887. The predicted octanol–water partition coefficient (Wildman–Crippen LogP) is 3.11. The lowest BCUT2D eigenvalue weighted by atomic mass is 9.88. The Morgan fingerprint density at radius 2 is 1.65 bits per heavy atom. The summed E-state index contributed by atoms with van der Waals surface area (Å²) in [6, 6.07) is 13.9. The third kappa shape index (κ3) is 4.42. The van der Waals surface area contributed by atoms with Gasteiger partial charge in [-0.3, -0.25) is 4.79 Å². The van der Waals surface area contributed by atoms with E-state index in [0.29, 0.717) is 31.0 Å². The van der Waals surface area contributed by atoms with Crippen molar-refractivity contribution in [2.75, 3.05) is 13.1 Å². The fourth-order valence-corrected chi connectivity index (χ4v) is 3.50. The molecule has 1 saturated heterocycles. The highest BCUT2D eigenvalue weighted by molar-refractivity contribution is 5.89.